The van der Waals surface area contributed by atoms with Crippen molar-refractivity contribution in [2.75, 3.05) is 26.4 Å². The van der Waals surface area contributed by atoms with Crippen molar-refractivity contribution in [1.29, 1.82) is 0 Å². The normalized spacial score (nSPS) is 20.2. The first-order valence-electron chi connectivity index (χ1n) is 19.1. The zero-order valence-electron chi connectivity index (χ0n) is 33.6. The van der Waals surface area contributed by atoms with Gasteiger partial charge in [0.1, 0.15) is 34.5 Å². The quantitative estimate of drug-likeness (QED) is 0.112. The molecule has 5 aliphatic heterocycles. The highest BCUT2D eigenvalue weighted by Crippen LogP contribution is 2.42. The Morgan fingerprint density at radius 1 is 0.864 bits per heavy atom. The van der Waals surface area contributed by atoms with Crippen LogP contribution in [-0.2, 0) is 38.4 Å². The Bertz CT molecular complexity index is 2140. The Morgan fingerprint density at radius 3 is 2.14 bits per heavy atom. The van der Waals surface area contributed by atoms with Crippen LogP contribution in [0.2, 0.25) is 10.0 Å². The number of nitrogens with zero attached hydrogens (tertiary/aromatic N) is 4. The molecule has 1 fully saturated rings. The van der Waals surface area contributed by atoms with E-state index in [9.17, 15) is 9.59 Å². The molecule has 0 bridgehead atoms. The summed E-state index contributed by atoms with van der Waals surface area (Å²) in [5, 5.41) is 28.1. The second-order valence-corrected chi connectivity index (χ2v) is 17.7. The Balaban J connectivity index is 0.000000182. The monoisotopic (exact) mass is 872 g/mol. The lowest BCUT2D eigenvalue weighted by Crippen LogP contribution is -2.46. The molecule has 2 N–H and O–H groups in total. The van der Waals surface area contributed by atoms with Crippen LogP contribution < -0.4 is 14.2 Å². The van der Waals surface area contributed by atoms with Gasteiger partial charge >= 0.3 is 12.1 Å². The number of halogens is 3. The maximum absolute atomic E-state index is 13.0. The van der Waals surface area contributed by atoms with Gasteiger partial charge in [-0.25, -0.2) is 9.59 Å². The van der Waals surface area contributed by atoms with Crippen molar-refractivity contribution in [3.05, 3.63) is 85.9 Å². The van der Waals surface area contributed by atoms with Gasteiger partial charge < -0.3 is 38.9 Å². The average Bonchev–Trinajstić information content (AvgIpc) is 4.01. The van der Waals surface area contributed by atoms with Gasteiger partial charge in [0.25, 0.3) is 0 Å². The zero-order chi connectivity index (χ0) is 42.7. The molecule has 0 unspecified atom stereocenters. The predicted molar refractivity (Wildman–Crippen MR) is 223 cm³/mol. The van der Waals surface area contributed by atoms with Gasteiger partial charge in [0.05, 0.1) is 48.3 Å². The molecule has 0 radical (unpaired) electrons. The highest BCUT2D eigenvalue weighted by Gasteiger charge is 2.55. The van der Waals surface area contributed by atoms with Gasteiger partial charge in [-0.2, -0.15) is 0 Å². The largest absolute Gasteiger partial charge is 0.493 e. The van der Waals surface area contributed by atoms with Crippen molar-refractivity contribution in [2.45, 2.75) is 96.5 Å². The number of rotatable bonds is 4. The second-order valence-electron chi connectivity index (χ2n) is 16.5. The van der Waals surface area contributed by atoms with Gasteiger partial charge in [0.2, 0.25) is 0 Å². The average molecular weight is 874 g/mol. The molecule has 1 amide bonds. The molecular weight excluding hydrogens is 827 g/mol. The van der Waals surface area contributed by atoms with Gasteiger partial charge in [-0.3, -0.25) is 4.90 Å². The molecule has 1 saturated heterocycles. The summed E-state index contributed by atoms with van der Waals surface area (Å²) in [6.07, 6.45) is 4.07. The molecule has 1 spiro atoms. The van der Waals surface area contributed by atoms with Crippen LogP contribution in [0.25, 0.3) is 0 Å². The Kier molecular flexibility index (Phi) is 13.1. The number of likely N-dealkylation sites (tertiary alicyclic amines) is 1. The van der Waals surface area contributed by atoms with Crippen molar-refractivity contribution in [3.8, 4) is 17.2 Å². The molecule has 5 aliphatic rings. The van der Waals surface area contributed by atoms with Gasteiger partial charge in [0, 0.05) is 43.2 Å². The lowest BCUT2D eigenvalue weighted by atomic mass is 9.91. The Labute approximate surface area is 357 Å². The van der Waals surface area contributed by atoms with E-state index in [2.05, 4.69) is 15.5 Å². The van der Waals surface area contributed by atoms with Crippen LogP contribution in [0.1, 0.15) is 87.8 Å². The molecule has 0 saturated carbocycles. The molecule has 2 atom stereocenters. The van der Waals surface area contributed by atoms with E-state index in [1.54, 1.807) is 47.6 Å². The van der Waals surface area contributed by atoms with Crippen LogP contribution in [0.3, 0.4) is 0 Å². The summed E-state index contributed by atoms with van der Waals surface area (Å²) in [6, 6.07) is 12.2. The van der Waals surface area contributed by atoms with E-state index in [1.165, 1.54) is 16.7 Å². The van der Waals surface area contributed by atoms with Crippen LogP contribution in [0, 0.1) is 0 Å². The number of benzene rings is 3. The number of ether oxygens (including phenoxy) is 5. The first kappa shape index (κ1) is 43.7. The fraction of sp³-hybridized carbons (Fsp3) is 0.452. The van der Waals surface area contributed by atoms with Crippen LogP contribution in [0.5, 0.6) is 17.2 Å². The first-order valence-corrected chi connectivity index (χ1v) is 20.2. The summed E-state index contributed by atoms with van der Waals surface area (Å²) in [5.74, 6) is 1.89. The summed E-state index contributed by atoms with van der Waals surface area (Å²) in [4.78, 5) is 33.3. The van der Waals surface area contributed by atoms with E-state index in [0.29, 0.717) is 41.0 Å². The van der Waals surface area contributed by atoms with E-state index < -0.39 is 34.9 Å². The van der Waals surface area contributed by atoms with Crippen molar-refractivity contribution in [3.63, 3.8) is 0 Å². The van der Waals surface area contributed by atoms with E-state index in [1.807, 2.05) is 36.4 Å². The lowest BCUT2D eigenvalue weighted by molar-refractivity contribution is -0.160. The molecular formula is C42H47Cl3N4O10. The molecule has 5 heterocycles. The maximum Gasteiger partial charge on any atom is 0.411 e. The summed E-state index contributed by atoms with van der Waals surface area (Å²) in [5.41, 5.74) is 4.07. The van der Waals surface area contributed by atoms with Gasteiger partial charge in [-0.15, -0.1) is 0 Å². The van der Waals surface area contributed by atoms with E-state index in [4.69, 9.17) is 73.7 Å². The molecule has 316 valence electrons. The zero-order valence-corrected chi connectivity index (χ0v) is 35.9. The summed E-state index contributed by atoms with van der Waals surface area (Å²) in [6.45, 7) is 12.9. The smallest absolute Gasteiger partial charge is 0.411 e. The number of amides is 1. The van der Waals surface area contributed by atoms with Gasteiger partial charge in [-0.05, 0) is 106 Å². The second kappa shape index (κ2) is 17.7. The van der Waals surface area contributed by atoms with Gasteiger partial charge in [-0.1, -0.05) is 50.3 Å². The van der Waals surface area contributed by atoms with Crippen LogP contribution in [0.15, 0.2) is 57.9 Å². The topological polar surface area (TPSA) is 170 Å². The molecule has 59 heavy (non-hydrogen) atoms. The number of hydrogen-bond acceptors (Lipinski definition) is 13. The standard InChI is InChI=1S/C24H31ClN2O6.C9H7Cl2NO2.C9H9NO2/c1-22(2,3)31-20(28)18-12-24(13-27(18)21(29)32-23(4,5)6)11-17(26-33-24)15-9-14-7-8-30-19(14)16(25)10-15;10-7-4-6(9(11)12-13)3-5-1-2-14-8(5)7;11-10-6-7-1-2-9-8(5-7)3-4-12-9/h9-10,18H,7-8,11-13H2,1-6H3;3-4,13H,1-2H2;1-2,5-6,11H,3-4H2/t18-,24+;;/m0../s1. The molecule has 17 heteroatoms. The summed E-state index contributed by atoms with van der Waals surface area (Å²) < 4.78 is 27.4. The van der Waals surface area contributed by atoms with E-state index >= 15 is 0 Å². The number of carbonyl (C=O) groups excluding carboxylic acids is 2. The third-order valence-electron chi connectivity index (χ3n) is 9.60. The molecule has 14 nitrogen and oxygen atoms in total. The van der Waals surface area contributed by atoms with Gasteiger partial charge in [0.15, 0.2) is 10.8 Å². The molecule has 0 aromatic heterocycles. The van der Waals surface area contributed by atoms with Crippen LogP contribution in [-0.4, -0.2) is 93.7 Å². The Morgan fingerprint density at radius 2 is 1.49 bits per heavy atom. The minimum Gasteiger partial charge on any atom is -0.493 e. The molecule has 3 aromatic carbocycles. The lowest BCUT2D eigenvalue weighted by Gasteiger charge is -2.29. The number of fused-ring (bicyclic) bond motifs is 3. The molecule has 8 rings (SSSR count). The van der Waals surface area contributed by atoms with Crippen molar-refractivity contribution in [1.82, 2.24) is 4.90 Å². The summed E-state index contributed by atoms with van der Waals surface area (Å²) in [7, 11) is 0. The Hall–Kier alpha value is -4.92. The number of oxime groups is 3. The fourth-order valence-electron chi connectivity index (χ4n) is 7.13. The predicted octanol–water partition coefficient (Wildman–Crippen LogP) is 8.57. The number of carbonyl (C=O) groups is 2. The van der Waals surface area contributed by atoms with Crippen molar-refractivity contribution < 1.29 is 48.5 Å². The maximum atomic E-state index is 13.0. The minimum absolute atomic E-state index is 0.0293. The SMILES string of the molecule is CC(C)(C)OC(=O)[C@@H]1C[C@]2(CC(c3cc(Cl)c4c(c3)CCO4)=NO2)CN1C(=O)OC(C)(C)C.ON=C(Cl)c1cc(Cl)c2c(c1)CCO2.ON=Cc1ccc2c(c1)CCO2. The van der Waals surface area contributed by atoms with Crippen LogP contribution in [0.4, 0.5) is 4.79 Å². The third kappa shape index (κ3) is 10.6. The summed E-state index contributed by atoms with van der Waals surface area (Å²) >= 11 is 18.0. The molecule has 0 aliphatic carbocycles. The fourth-order valence-corrected chi connectivity index (χ4v) is 7.83. The third-order valence-corrected chi connectivity index (χ3v) is 10.5. The van der Waals surface area contributed by atoms with Crippen molar-refractivity contribution >= 4 is 64.0 Å². The number of hydrogen-bond donors (Lipinski definition) is 2. The van der Waals surface area contributed by atoms with E-state index in [0.717, 1.165) is 65.3 Å². The highest BCUT2D eigenvalue weighted by molar-refractivity contribution is 6.69. The first-order chi connectivity index (χ1) is 27.9. The number of esters is 1. The minimum atomic E-state index is -0.838. The molecule has 3 aromatic rings. The van der Waals surface area contributed by atoms with Crippen LogP contribution >= 0.6 is 34.8 Å². The van der Waals surface area contributed by atoms with E-state index in [-0.39, 0.29) is 18.1 Å². The van der Waals surface area contributed by atoms with Crippen molar-refractivity contribution in [2.24, 2.45) is 15.5 Å². The highest BCUT2D eigenvalue weighted by atomic mass is 35.5.